The van der Waals surface area contributed by atoms with Gasteiger partial charge in [-0.25, -0.2) is 0 Å². The molecule has 2 aromatic rings. The Morgan fingerprint density at radius 2 is 1.68 bits per heavy atom. The second-order valence-corrected chi connectivity index (χ2v) is 6.25. The molecular formula is C18H23BrO3. The predicted molar refractivity (Wildman–Crippen MR) is 94.1 cm³/mol. The molecular weight excluding hydrogens is 344 g/mol. The topological polar surface area (TPSA) is 39.4 Å². The summed E-state index contributed by atoms with van der Waals surface area (Å²) in [5, 5.41) is 1.71. The fourth-order valence-corrected chi connectivity index (χ4v) is 2.82. The molecule has 3 nitrogen and oxygen atoms in total. The minimum Gasteiger partial charge on any atom is -0.493 e. The maximum atomic E-state index is 11.6. The van der Waals surface area contributed by atoms with E-state index in [0.29, 0.717) is 17.6 Å². The molecule has 0 unspecified atom stereocenters. The monoisotopic (exact) mass is 366 g/mol. The highest BCUT2D eigenvalue weighted by Gasteiger charge is 2.02. The third-order valence-corrected chi connectivity index (χ3v) is 4.24. The molecule has 0 aliphatic rings. The Bertz CT molecular complexity index is 621. The highest BCUT2D eigenvalue weighted by atomic mass is 79.9. The minimum atomic E-state index is -0.0206. The van der Waals surface area contributed by atoms with Crippen molar-refractivity contribution in [3.05, 3.63) is 40.8 Å². The van der Waals surface area contributed by atoms with E-state index in [9.17, 15) is 4.79 Å². The van der Waals surface area contributed by atoms with E-state index in [2.05, 4.69) is 15.9 Å². The third kappa shape index (κ3) is 5.48. The number of hydrogen-bond donors (Lipinski definition) is 0. The summed E-state index contributed by atoms with van der Waals surface area (Å²) in [5.41, 5.74) is 0.560. The molecule has 0 aliphatic carbocycles. The van der Waals surface area contributed by atoms with Crippen molar-refractivity contribution in [1.82, 2.24) is 0 Å². The Morgan fingerprint density at radius 3 is 2.45 bits per heavy atom. The van der Waals surface area contributed by atoms with Gasteiger partial charge >= 0.3 is 0 Å². The van der Waals surface area contributed by atoms with Gasteiger partial charge in [0.05, 0.1) is 18.3 Å². The Labute approximate surface area is 139 Å². The summed E-state index contributed by atoms with van der Waals surface area (Å²) in [7, 11) is 0. The highest BCUT2D eigenvalue weighted by molar-refractivity contribution is 9.09. The van der Waals surface area contributed by atoms with Gasteiger partial charge in [0, 0.05) is 17.5 Å². The molecule has 1 heterocycles. The first-order valence-electron chi connectivity index (χ1n) is 8.01. The maximum absolute atomic E-state index is 11.6. The lowest BCUT2D eigenvalue weighted by Crippen LogP contribution is -2.00. The summed E-state index contributed by atoms with van der Waals surface area (Å²) in [6, 6.07) is 6.82. The van der Waals surface area contributed by atoms with Crippen molar-refractivity contribution < 1.29 is 9.15 Å². The Hall–Kier alpha value is -1.29. The summed E-state index contributed by atoms with van der Waals surface area (Å²) >= 11 is 3.45. The van der Waals surface area contributed by atoms with Crippen LogP contribution in [0, 0.1) is 0 Å². The van der Waals surface area contributed by atoms with Gasteiger partial charge in [0.1, 0.15) is 11.3 Å². The minimum absolute atomic E-state index is 0.0206. The predicted octanol–water partition coefficient (Wildman–Crippen LogP) is 5.30. The fourth-order valence-electron chi connectivity index (χ4n) is 2.42. The van der Waals surface area contributed by atoms with Crippen LogP contribution in [-0.4, -0.2) is 11.9 Å². The number of hydrogen-bond acceptors (Lipinski definition) is 3. The molecule has 1 aromatic carbocycles. The van der Waals surface area contributed by atoms with Crippen molar-refractivity contribution in [2.24, 2.45) is 0 Å². The Balaban J connectivity index is 1.66. The van der Waals surface area contributed by atoms with E-state index in [0.717, 1.165) is 17.5 Å². The van der Waals surface area contributed by atoms with Crippen LogP contribution in [0.15, 0.2) is 39.7 Å². The number of rotatable bonds is 10. The zero-order valence-corrected chi connectivity index (χ0v) is 14.4. The van der Waals surface area contributed by atoms with Crippen LogP contribution < -0.4 is 10.2 Å². The molecule has 1 aromatic heterocycles. The quantitative estimate of drug-likeness (QED) is 0.423. The second-order valence-electron chi connectivity index (χ2n) is 5.46. The van der Waals surface area contributed by atoms with E-state index < -0.39 is 0 Å². The molecule has 0 amide bonds. The van der Waals surface area contributed by atoms with Crippen LogP contribution in [-0.2, 0) is 0 Å². The van der Waals surface area contributed by atoms with Crippen molar-refractivity contribution >= 4 is 26.9 Å². The van der Waals surface area contributed by atoms with Crippen LogP contribution in [0.1, 0.15) is 44.9 Å². The van der Waals surface area contributed by atoms with E-state index in [4.69, 9.17) is 9.15 Å². The van der Waals surface area contributed by atoms with Crippen molar-refractivity contribution in [2.75, 3.05) is 11.9 Å². The summed E-state index contributed by atoms with van der Waals surface area (Å²) in [4.78, 5) is 11.6. The van der Waals surface area contributed by atoms with Crippen LogP contribution in [0.4, 0.5) is 0 Å². The molecule has 0 N–H and O–H groups in total. The average Bonchev–Trinajstić information content (AvgIpc) is 2.53. The lowest BCUT2D eigenvalue weighted by atomic mass is 10.1. The Morgan fingerprint density at radius 1 is 0.955 bits per heavy atom. The van der Waals surface area contributed by atoms with Gasteiger partial charge in [0.15, 0.2) is 5.43 Å². The molecule has 22 heavy (non-hydrogen) atoms. The molecule has 0 atom stereocenters. The van der Waals surface area contributed by atoms with Crippen LogP contribution in [0.3, 0.4) is 0 Å². The van der Waals surface area contributed by atoms with Crippen molar-refractivity contribution in [1.29, 1.82) is 0 Å². The van der Waals surface area contributed by atoms with Gasteiger partial charge in [-0.1, -0.05) is 48.0 Å². The zero-order chi connectivity index (χ0) is 15.6. The molecule has 0 radical (unpaired) electrons. The van der Waals surface area contributed by atoms with Gasteiger partial charge < -0.3 is 9.15 Å². The molecule has 0 aliphatic heterocycles. The molecule has 4 heteroatoms. The van der Waals surface area contributed by atoms with Crippen LogP contribution in [0.2, 0.25) is 0 Å². The lowest BCUT2D eigenvalue weighted by molar-refractivity contribution is 0.304. The first-order valence-corrected chi connectivity index (χ1v) is 9.14. The zero-order valence-electron chi connectivity index (χ0n) is 12.9. The van der Waals surface area contributed by atoms with Gasteiger partial charge in [-0.3, -0.25) is 4.79 Å². The lowest BCUT2D eigenvalue weighted by Gasteiger charge is -2.06. The largest absolute Gasteiger partial charge is 0.493 e. The van der Waals surface area contributed by atoms with E-state index in [1.165, 1.54) is 50.9 Å². The van der Waals surface area contributed by atoms with Gasteiger partial charge in [0.2, 0.25) is 0 Å². The number of ether oxygens (including phenoxy) is 1. The maximum Gasteiger partial charge on any atom is 0.192 e. The molecule has 120 valence electrons. The number of unbranched alkanes of at least 4 members (excludes halogenated alkanes) is 6. The molecule has 0 spiro atoms. The SMILES string of the molecule is O=c1ccoc2cc(OCCCCCCCCCBr)ccc12. The van der Waals surface area contributed by atoms with Crippen molar-refractivity contribution in [3.8, 4) is 5.75 Å². The van der Waals surface area contributed by atoms with Gasteiger partial charge in [-0.05, 0) is 25.0 Å². The molecule has 2 rings (SSSR count). The van der Waals surface area contributed by atoms with Crippen LogP contribution in [0.25, 0.3) is 11.0 Å². The number of alkyl halides is 1. The second kappa shape index (κ2) is 9.67. The van der Waals surface area contributed by atoms with Crippen molar-refractivity contribution in [3.63, 3.8) is 0 Å². The number of benzene rings is 1. The first-order chi connectivity index (χ1) is 10.8. The Kier molecular flexibility index (Phi) is 7.50. The van der Waals surface area contributed by atoms with Crippen LogP contribution in [0.5, 0.6) is 5.75 Å². The normalized spacial score (nSPS) is 11.0. The molecule has 0 bridgehead atoms. The molecule has 0 saturated carbocycles. The van der Waals surface area contributed by atoms with E-state index in [1.54, 1.807) is 12.1 Å². The van der Waals surface area contributed by atoms with Crippen LogP contribution >= 0.6 is 15.9 Å². The summed E-state index contributed by atoms with van der Waals surface area (Å²) in [5.74, 6) is 0.763. The smallest absolute Gasteiger partial charge is 0.192 e. The summed E-state index contributed by atoms with van der Waals surface area (Å²) < 4.78 is 11.1. The van der Waals surface area contributed by atoms with Gasteiger partial charge in [0.25, 0.3) is 0 Å². The molecule has 0 saturated heterocycles. The summed E-state index contributed by atoms with van der Waals surface area (Å²) in [6.07, 6.45) is 10.2. The number of halogens is 1. The number of fused-ring (bicyclic) bond motifs is 1. The van der Waals surface area contributed by atoms with Gasteiger partial charge in [-0.2, -0.15) is 0 Å². The van der Waals surface area contributed by atoms with E-state index in [-0.39, 0.29) is 5.43 Å². The van der Waals surface area contributed by atoms with Crippen molar-refractivity contribution in [2.45, 2.75) is 44.9 Å². The average molecular weight is 367 g/mol. The standard InChI is InChI=1S/C18H23BrO3/c19-11-6-4-2-1-3-5-7-12-21-15-8-9-16-17(20)10-13-22-18(16)14-15/h8-10,13-14H,1-7,11-12H2. The summed E-state index contributed by atoms with van der Waals surface area (Å²) in [6.45, 7) is 0.712. The molecule has 0 fully saturated rings. The third-order valence-electron chi connectivity index (χ3n) is 3.68. The highest BCUT2D eigenvalue weighted by Crippen LogP contribution is 2.18. The van der Waals surface area contributed by atoms with Gasteiger partial charge in [-0.15, -0.1) is 0 Å². The fraction of sp³-hybridized carbons (Fsp3) is 0.500. The van der Waals surface area contributed by atoms with E-state index in [1.807, 2.05) is 6.07 Å². The van der Waals surface area contributed by atoms with E-state index >= 15 is 0 Å². The first kappa shape index (κ1) is 17.1.